The zero-order valence-electron chi connectivity index (χ0n) is 15.5. The van der Waals surface area contributed by atoms with Gasteiger partial charge in [-0.3, -0.25) is 4.98 Å². The highest BCUT2D eigenvalue weighted by Gasteiger charge is 2.27. The van der Waals surface area contributed by atoms with Gasteiger partial charge in [-0.2, -0.15) is 0 Å². The predicted octanol–water partition coefficient (Wildman–Crippen LogP) is 3.88. The minimum Gasteiger partial charge on any atom is -0.495 e. The van der Waals surface area contributed by atoms with Crippen molar-refractivity contribution in [2.45, 2.75) is 32.4 Å². The molecule has 1 aromatic heterocycles. The number of nitrogens with zero attached hydrogens (tertiary/aromatic N) is 2. The molecule has 1 N–H and O–H groups in total. The Morgan fingerprint density at radius 2 is 2.00 bits per heavy atom. The fourth-order valence-corrected chi connectivity index (χ4v) is 3.20. The number of hydrogen-bond donors (Lipinski definition) is 1. The van der Waals surface area contributed by atoms with Gasteiger partial charge in [0.05, 0.1) is 25.0 Å². The van der Waals surface area contributed by atoms with E-state index < -0.39 is 0 Å². The summed E-state index contributed by atoms with van der Waals surface area (Å²) in [6, 6.07) is 10.6. The summed E-state index contributed by atoms with van der Waals surface area (Å²) in [5.74, 6) is 0.850. The molecule has 25 heavy (non-hydrogen) atoms. The first-order chi connectivity index (χ1) is 12.0. The SMILES string of the molecule is COc1cc(N2CCOC(C)(C)C2)ccc1NC(C)c1ccncc1. The number of pyridine rings is 1. The number of ether oxygens (including phenoxy) is 2. The van der Waals surface area contributed by atoms with Gasteiger partial charge in [0, 0.05) is 43.3 Å². The Bertz CT molecular complexity index is 703. The summed E-state index contributed by atoms with van der Waals surface area (Å²) in [6.07, 6.45) is 3.63. The van der Waals surface area contributed by atoms with Crippen molar-refractivity contribution in [3.8, 4) is 5.75 Å². The van der Waals surface area contributed by atoms with Crippen LogP contribution in [-0.4, -0.2) is 37.4 Å². The summed E-state index contributed by atoms with van der Waals surface area (Å²) < 4.78 is 11.4. The van der Waals surface area contributed by atoms with Crippen molar-refractivity contribution < 1.29 is 9.47 Å². The van der Waals surface area contributed by atoms with E-state index in [-0.39, 0.29) is 11.6 Å². The van der Waals surface area contributed by atoms with E-state index in [1.54, 1.807) is 7.11 Å². The molecule has 2 aromatic rings. The van der Waals surface area contributed by atoms with Crippen molar-refractivity contribution >= 4 is 11.4 Å². The summed E-state index contributed by atoms with van der Waals surface area (Å²) in [7, 11) is 1.71. The maximum absolute atomic E-state index is 5.81. The summed E-state index contributed by atoms with van der Waals surface area (Å²) >= 11 is 0. The van der Waals surface area contributed by atoms with Gasteiger partial charge in [0.2, 0.25) is 0 Å². The molecule has 0 saturated carbocycles. The van der Waals surface area contributed by atoms with Gasteiger partial charge in [-0.1, -0.05) is 0 Å². The third-order valence-corrected chi connectivity index (χ3v) is 4.55. The number of morpholine rings is 1. The standard InChI is InChI=1S/C20H27N3O2/c1-15(16-7-9-21-10-8-16)22-18-6-5-17(13-19(18)24-4)23-11-12-25-20(2,3)14-23/h5-10,13,15,22H,11-12,14H2,1-4H3. The second kappa shape index (κ2) is 7.31. The quantitative estimate of drug-likeness (QED) is 0.894. The van der Waals surface area contributed by atoms with E-state index >= 15 is 0 Å². The minimum absolute atomic E-state index is 0.127. The molecule has 2 heterocycles. The molecule has 0 bridgehead atoms. The first-order valence-corrected chi connectivity index (χ1v) is 8.72. The summed E-state index contributed by atoms with van der Waals surface area (Å²) in [5.41, 5.74) is 3.22. The number of rotatable bonds is 5. The van der Waals surface area contributed by atoms with Gasteiger partial charge >= 0.3 is 0 Å². The number of hydrogen-bond acceptors (Lipinski definition) is 5. The monoisotopic (exact) mass is 341 g/mol. The van der Waals surface area contributed by atoms with Crippen LogP contribution in [0.4, 0.5) is 11.4 Å². The van der Waals surface area contributed by atoms with Gasteiger partial charge in [-0.25, -0.2) is 0 Å². The van der Waals surface area contributed by atoms with Crippen LogP contribution in [-0.2, 0) is 4.74 Å². The zero-order valence-corrected chi connectivity index (χ0v) is 15.5. The van der Waals surface area contributed by atoms with Crippen molar-refractivity contribution in [3.63, 3.8) is 0 Å². The van der Waals surface area contributed by atoms with Crippen LogP contribution in [0, 0.1) is 0 Å². The minimum atomic E-state index is -0.127. The van der Waals surface area contributed by atoms with Gasteiger partial charge < -0.3 is 19.7 Å². The highest BCUT2D eigenvalue weighted by Crippen LogP contribution is 2.33. The van der Waals surface area contributed by atoms with Crippen LogP contribution in [0.3, 0.4) is 0 Å². The molecule has 0 amide bonds. The Hall–Kier alpha value is -2.27. The molecular weight excluding hydrogens is 314 g/mol. The van der Waals surface area contributed by atoms with Gasteiger partial charge in [0.25, 0.3) is 0 Å². The fraction of sp³-hybridized carbons (Fsp3) is 0.450. The molecule has 5 heteroatoms. The smallest absolute Gasteiger partial charge is 0.144 e. The van der Waals surface area contributed by atoms with E-state index in [9.17, 15) is 0 Å². The van der Waals surface area contributed by atoms with Crippen LogP contribution in [0.2, 0.25) is 0 Å². The van der Waals surface area contributed by atoms with Crippen LogP contribution in [0.25, 0.3) is 0 Å². The number of benzene rings is 1. The van der Waals surface area contributed by atoms with Gasteiger partial charge in [-0.05, 0) is 50.6 Å². The number of aromatic nitrogens is 1. The molecule has 3 rings (SSSR count). The number of anilines is 2. The zero-order chi connectivity index (χ0) is 17.9. The molecule has 1 aliphatic heterocycles. The second-order valence-corrected chi connectivity index (χ2v) is 7.06. The average molecular weight is 341 g/mol. The maximum Gasteiger partial charge on any atom is 0.144 e. The van der Waals surface area contributed by atoms with Crippen molar-refractivity contribution in [1.29, 1.82) is 0 Å². The molecule has 1 unspecified atom stereocenters. The fourth-order valence-electron chi connectivity index (χ4n) is 3.20. The summed E-state index contributed by atoms with van der Waals surface area (Å²) in [6.45, 7) is 8.90. The van der Waals surface area contributed by atoms with Crippen LogP contribution in [0.15, 0.2) is 42.7 Å². The summed E-state index contributed by atoms with van der Waals surface area (Å²) in [4.78, 5) is 6.42. The van der Waals surface area contributed by atoms with E-state index in [2.05, 4.69) is 54.2 Å². The third kappa shape index (κ3) is 4.23. The molecular formula is C20H27N3O2. The lowest BCUT2D eigenvalue weighted by molar-refractivity contribution is -0.0277. The number of nitrogens with one attached hydrogen (secondary N) is 1. The van der Waals surface area contributed by atoms with E-state index in [1.165, 1.54) is 5.56 Å². The Morgan fingerprint density at radius 1 is 1.24 bits per heavy atom. The maximum atomic E-state index is 5.81. The van der Waals surface area contributed by atoms with E-state index in [4.69, 9.17) is 9.47 Å². The van der Waals surface area contributed by atoms with Gasteiger partial charge in [0.1, 0.15) is 5.75 Å². The third-order valence-electron chi connectivity index (χ3n) is 4.55. The molecule has 1 saturated heterocycles. The van der Waals surface area contributed by atoms with Crippen LogP contribution >= 0.6 is 0 Å². The van der Waals surface area contributed by atoms with Crippen molar-refractivity contribution in [2.24, 2.45) is 0 Å². The Labute approximate surface area is 150 Å². The second-order valence-electron chi connectivity index (χ2n) is 7.06. The van der Waals surface area contributed by atoms with Crippen molar-refractivity contribution in [3.05, 3.63) is 48.3 Å². The predicted molar refractivity (Wildman–Crippen MR) is 102 cm³/mol. The molecule has 1 aliphatic rings. The van der Waals surface area contributed by atoms with Crippen LogP contribution in [0.1, 0.15) is 32.4 Å². The van der Waals surface area contributed by atoms with Crippen LogP contribution < -0.4 is 15.0 Å². The lowest BCUT2D eigenvalue weighted by atomic mass is 10.1. The van der Waals surface area contributed by atoms with Crippen molar-refractivity contribution in [1.82, 2.24) is 4.98 Å². The Balaban J connectivity index is 1.78. The molecule has 0 aliphatic carbocycles. The highest BCUT2D eigenvalue weighted by atomic mass is 16.5. The van der Waals surface area contributed by atoms with Gasteiger partial charge in [-0.15, -0.1) is 0 Å². The summed E-state index contributed by atoms with van der Waals surface area (Å²) in [5, 5.41) is 3.53. The Kier molecular flexibility index (Phi) is 5.13. The normalized spacial score (nSPS) is 17.8. The largest absolute Gasteiger partial charge is 0.495 e. The molecule has 0 spiro atoms. The Morgan fingerprint density at radius 3 is 2.68 bits per heavy atom. The first kappa shape index (κ1) is 17.5. The average Bonchev–Trinajstić information content (AvgIpc) is 2.62. The molecule has 134 valence electrons. The van der Waals surface area contributed by atoms with Gasteiger partial charge in [0.15, 0.2) is 0 Å². The van der Waals surface area contributed by atoms with Crippen LogP contribution in [0.5, 0.6) is 5.75 Å². The first-order valence-electron chi connectivity index (χ1n) is 8.72. The highest BCUT2D eigenvalue weighted by molar-refractivity contribution is 5.65. The number of methoxy groups -OCH3 is 1. The van der Waals surface area contributed by atoms with E-state index in [1.807, 2.05) is 24.5 Å². The van der Waals surface area contributed by atoms with E-state index in [0.717, 1.165) is 36.8 Å². The molecule has 1 atom stereocenters. The lowest BCUT2D eigenvalue weighted by Gasteiger charge is -2.39. The molecule has 5 nitrogen and oxygen atoms in total. The molecule has 0 radical (unpaired) electrons. The lowest BCUT2D eigenvalue weighted by Crippen LogP contribution is -2.48. The molecule has 1 fully saturated rings. The van der Waals surface area contributed by atoms with E-state index in [0.29, 0.717) is 0 Å². The molecule has 1 aromatic carbocycles. The topological polar surface area (TPSA) is 46.6 Å². The van der Waals surface area contributed by atoms with Crippen molar-refractivity contribution in [2.75, 3.05) is 37.0 Å².